The minimum atomic E-state index is 0.277. The van der Waals surface area contributed by atoms with Crippen molar-refractivity contribution in [2.24, 2.45) is 17.8 Å². The maximum atomic E-state index is 12.3. The third kappa shape index (κ3) is 4.05. The molecule has 0 N–H and O–H groups in total. The maximum absolute atomic E-state index is 12.3. The van der Waals surface area contributed by atoms with E-state index < -0.39 is 0 Å². The number of nitrogens with zero attached hydrogens (tertiary/aromatic N) is 2. The molecule has 1 saturated heterocycles. The summed E-state index contributed by atoms with van der Waals surface area (Å²) >= 11 is 0. The van der Waals surface area contributed by atoms with Gasteiger partial charge in [-0.15, -0.1) is 0 Å². The van der Waals surface area contributed by atoms with Gasteiger partial charge in [0, 0.05) is 32.6 Å². The summed E-state index contributed by atoms with van der Waals surface area (Å²) in [6.07, 6.45) is 10.1. The molecule has 1 aromatic carbocycles. The van der Waals surface area contributed by atoms with Gasteiger partial charge in [-0.25, -0.2) is 0 Å². The summed E-state index contributed by atoms with van der Waals surface area (Å²) < 4.78 is 5.96. The highest BCUT2D eigenvalue weighted by atomic mass is 16.5. The van der Waals surface area contributed by atoms with E-state index in [4.69, 9.17) is 4.74 Å². The molecular weight excluding hydrogens is 360 g/mol. The van der Waals surface area contributed by atoms with Crippen molar-refractivity contribution in [1.29, 1.82) is 0 Å². The third-order valence-corrected chi connectivity index (χ3v) is 8.16. The second kappa shape index (κ2) is 7.94. The van der Waals surface area contributed by atoms with Crippen molar-refractivity contribution in [1.82, 2.24) is 9.80 Å². The second-order valence-electron chi connectivity index (χ2n) is 10.4. The number of hydrogen-bond acceptors (Lipinski definition) is 3. The number of ether oxygens (including phenoxy) is 1. The summed E-state index contributed by atoms with van der Waals surface area (Å²) in [4.78, 5) is 16.6. The highest BCUT2D eigenvalue weighted by molar-refractivity contribution is 5.76. The summed E-state index contributed by atoms with van der Waals surface area (Å²) in [5, 5.41) is 0. The molecule has 29 heavy (non-hydrogen) atoms. The van der Waals surface area contributed by atoms with Crippen LogP contribution in [0.3, 0.4) is 0 Å². The molecule has 0 radical (unpaired) electrons. The van der Waals surface area contributed by atoms with Gasteiger partial charge in [0.2, 0.25) is 5.91 Å². The van der Waals surface area contributed by atoms with E-state index in [-0.39, 0.29) is 5.91 Å². The molecule has 4 saturated carbocycles. The fourth-order valence-corrected chi connectivity index (χ4v) is 7.00. The van der Waals surface area contributed by atoms with E-state index in [0.29, 0.717) is 18.4 Å². The van der Waals surface area contributed by atoms with E-state index in [1.165, 1.54) is 38.5 Å². The molecule has 1 aromatic rings. The lowest BCUT2D eigenvalue weighted by molar-refractivity contribution is -0.133. The molecule has 1 amide bonds. The molecule has 5 aliphatic rings. The largest absolute Gasteiger partial charge is 0.494 e. The lowest BCUT2D eigenvalue weighted by Crippen LogP contribution is -2.48. The van der Waals surface area contributed by atoms with Crippen molar-refractivity contribution in [3.05, 3.63) is 29.8 Å². The van der Waals surface area contributed by atoms with E-state index in [0.717, 1.165) is 56.1 Å². The Morgan fingerprint density at radius 2 is 1.55 bits per heavy atom. The molecule has 1 aliphatic heterocycles. The van der Waals surface area contributed by atoms with Gasteiger partial charge < -0.3 is 14.5 Å². The van der Waals surface area contributed by atoms with Gasteiger partial charge in [-0.05, 0) is 92.9 Å². The minimum absolute atomic E-state index is 0.277. The normalized spacial score (nSPS) is 33.8. The molecule has 4 aliphatic carbocycles. The van der Waals surface area contributed by atoms with Gasteiger partial charge in [0.05, 0.1) is 6.61 Å². The van der Waals surface area contributed by atoms with E-state index >= 15 is 0 Å². The smallest absolute Gasteiger partial charge is 0.222 e. The molecule has 4 bridgehead atoms. The van der Waals surface area contributed by atoms with Crippen molar-refractivity contribution in [3.63, 3.8) is 0 Å². The number of hydrogen-bond donors (Lipinski definition) is 0. The maximum Gasteiger partial charge on any atom is 0.222 e. The molecule has 0 unspecified atom stereocenters. The summed E-state index contributed by atoms with van der Waals surface area (Å²) in [6.45, 7) is 4.32. The summed E-state index contributed by atoms with van der Waals surface area (Å²) in [5.74, 6) is 4.17. The highest BCUT2D eigenvalue weighted by Crippen LogP contribution is 2.60. The number of rotatable bonds is 6. The van der Waals surface area contributed by atoms with E-state index in [9.17, 15) is 4.79 Å². The highest BCUT2D eigenvalue weighted by Gasteiger charge is 2.51. The van der Waals surface area contributed by atoms with Crippen molar-refractivity contribution in [2.45, 2.75) is 56.8 Å². The molecule has 1 heterocycles. The molecule has 0 atom stereocenters. The Morgan fingerprint density at radius 3 is 2.14 bits per heavy atom. The Labute approximate surface area is 175 Å². The minimum Gasteiger partial charge on any atom is -0.494 e. The zero-order chi connectivity index (χ0) is 19.8. The molecule has 6 rings (SSSR count). The lowest BCUT2D eigenvalue weighted by atomic mass is 9.48. The van der Waals surface area contributed by atoms with Crippen LogP contribution in [-0.2, 0) is 10.2 Å². The number of piperazine rings is 1. The summed E-state index contributed by atoms with van der Waals surface area (Å²) in [6, 6.07) is 8.99. The fraction of sp³-hybridized carbons (Fsp3) is 0.720. The second-order valence-corrected chi connectivity index (χ2v) is 10.4. The van der Waals surface area contributed by atoms with Crippen LogP contribution in [0.2, 0.25) is 0 Å². The molecule has 0 spiro atoms. The van der Waals surface area contributed by atoms with E-state index in [1.54, 1.807) is 5.56 Å². The predicted octanol–water partition coefficient (Wildman–Crippen LogP) is 4.09. The first-order chi connectivity index (χ1) is 14.1. The first kappa shape index (κ1) is 19.4. The van der Waals surface area contributed by atoms with Gasteiger partial charge in [0.25, 0.3) is 0 Å². The van der Waals surface area contributed by atoms with Crippen LogP contribution in [0.25, 0.3) is 0 Å². The molecular formula is C25H36N2O2. The number of carbonyl (C=O) groups excluding carboxylic acids is 1. The average Bonchev–Trinajstić information content (AvgIpc) is 2.71. The monoisotopic (exact) mass is 396 g/mol. The van der Waals surface area contributed by atoms with Crippen LogP contribution in [0, 0.1) is 17.8 Å². The predicted molar refractivity (Wildman–Crippen MR) is 115 cm³/mol. The molecule has 4 heteroatoms. The van der Waals surface area contributed by atoms with Crippen LogP contribution < -0.4 is 4.74 Å². The molecule has 158 valence electrons. The Kier molecular flexibility index (Phi) is 5.32. The lowest BCUT2D eigenvalue weighted by Gasteiger charge is -2.57. The van der Waals surface area contributed by atoms with Gasteiger partial charge >= 0.3 is 0 Å². The Hall–Kier alpha value is -1.55. The van der Waals surface area contributed by atoms with Crippen LogP contribution in [0.15, 0.2) is 24.3 Å². The fourth-order valence-electron chi connectivity index (χ4n) is 7.00. The zero-order valence-corrected chi connectivity index (χ0v) is 17.9. The van der Waals surface area contributed by atoms with Gasteiger partial charge in [0.1, 0.15) is 5.75 Å². The Bertz CT molecular complexity index is 686. The van der Waals surface area contributed by atoms with Crippen molar-refractivity contribution < 1.29 is 9.53 Å². The summed E-state index contributed by atoms with van der Waals surface area (Å²) in [7, 11) is 2.12. The van der Waals surface area contributed by atoms with Gasteiger partial charge in [-0.3, -0.25) is 4.79 Å². The first-order valence-electron chi connectivity index (χ1n) is 11.8. The van der Waals surface area contributed by atoms with Gasteiger partial charge in [-0.2, -0.15) is 0 Å². The number of benzene rings is 1. The van der Waals surface area contributed by atoms with Crippen molar-refractivity contribution >= 4 is 5.91 Å². The van der Waals surface area contributed by atoms with Crippen LogP contribution in [0.5, 0.6) is 5.75 Å². The van der Waals surface area contributed by atoms with Crippen LogP contribution in [0.1, 0.15) is 56.9 Å². The van der Waals surface area contributed by atoms with Crippen LogP contribution in [-0.4, -0.2) is 55.5 Å². The van der Waals surface area contributed by atoms with Crippen molar-refractivity contribution in [2.75, 3.05) is 39.8 Å². The SMILES string of the molecule is CN1CCN(C(=O)CCCOc2ccc(C34CC5CC(CC(C5)C3)C4)cc2)CC1. The number of likely N-dealkylation sites (N-methyl/N-ethyl adjacent to an activating group) is 1. The average molecular weight is 397 g/mol. The van der Waals surface area contributed by atoms with Gasteiger partial charge in [0.15, 0.2) is 0 Å². The quantitative estimate of drug-likeness (QED) is 0.679. The first-order valence-corrected chi connectivity index (χ1v) is 11.8. The van der Waals surface area contributed by atoms with Crippen LogP contribution in [0.4, 0.5) is 0 Å². The number of amides is 1. The van der Waals surface area contributed by atoms with Gasteiger partial charge in [-0.1, -0.05) is 12.1 Å². The third-order valence-electron chi connectivity index (χ3n) is 8.16. The van der Waals surface area contributed by atoms with E-state index in [1.807, 2.05) is 4.90 Å². The molecule has 5 fully saturated rings. The summed E-state index contributed by atoms with van der Waals surface area (Å²) in [5.41, 5.74) is 2.01. The molecule has 4 nitrogen and oxygen atoms in total. The zero-order valence-electron chi connectivity index (χ0n) is 17.9. The van der Waals surface area contributed by atoms with E-state index in [2.05, 4.69) is 36.2 Å². The standard InChI is InChI=1S/C25H36N2O2/c1-26-8-10-27(11-9-26)24(28)3-2-12-29-23-6-4-22(5-7-23)25-16-19-13-20(17-25)15-21(14-19)18-25/h4-7,19-21H,2-3,8-18H2,1H3. The van der Waals surface area contributed by atoms with Crippen LogP contribution >= 0.6 is 0 Å². The molecule has 0 aromatic heterocycles. The number of carbonyl (C=O) groups is 1. The van der Waals surface area contributed by atoms with Crippen molar-refractivity contribution in [3.8, 4) is 5.75 Å². The Balaban J connectivity index is 1.10. The Morgan fingerprint density at radius 1 is 0.966 bits per heavy atom. The topological polar surface area (TPSA) is 32.8 Å².